The fourth-order valence-corrected chi connectivity index (χ4v) is 2.76. The predicted octanol–water partition coefficient (Wildman–Crippen LogP) is 2.87. The van der Waals surface area contributed by atoms with Crippen LogP contribution >= 0.6 is 25.1 Å². The topological polar surface area (TPSA) is 103 Å². The third-order valence-corrected chi connectivity index (χ3v) is 4.51. The third kappa shape index (κ3) is 4.85. The number of aliphatic hydroxyl groups is 1. The van der Waals surface area contributed by atoms with Crippen molar-refractivity contribution in [3.63, 3.8) is 0 Å². The molecule has 29 heavy (non-hydrogen) atoms. The van der Waals surface area contributed by atoms with Crippen LogP contribution in [0.25, 0.3) is 16.9 Å². The first kappa shape index (κ1) is 22.6. The minimum Gasteiger partial charge on any atom is -0.387 e. The van der Waals surface area contributed by atoms with Crippen LogP contribution in [0.2, 0.25) is 5.02 Å². The van der Waals surface area contributed by atoms with Crippen molar-refractivity contribution in [2.45, 2.75) is 25.6 Å². The first-order valence-corrected chi connectivity index (χ1v) is 8.77. The number of halogens is 2. The Labute approximate surface area is 178 Å². The highest BCUT2D eigenvalue weighted by atomic mass is 35.5. The van der Waals surface area contributed by atoms with Crippen LogP contribution < -0.4 is 5.32 Å². The van der Waals surface area contributed by atoms with Crippen molar-refractivity contribution < 1.29 is 14.3 Å². The van der Waals surface area contributed by atoms with Gasteiger partial charge in [0.05, 0.1) is 51.4 Å². The van der Waals surface area contributed by atoms with Gasteiger partial charge >= 0.3 is 0 Å². The number of carbonyl (C=O) groups is 1. The van der Waals surface area contributed by atoms with Crippen LogP contribution in [0.15, 0.2) is 36.7 Å². The number of nitriles is 1. The van der Waals surface area contributed by atoms with E-state index in [2.05, 4.69) is 15.4 Å². The Morgan fingerprint density at radius 3 is 2.76 bits per heavy atom. The molecule has 0 spiro atoms. The van der Waals surface area contributed by atoms with E-state index in [0.717, 1.165) is 5.52 Å². The summed E-state index contributed by atoms with van der Waals surface area (Å²) in [5.74, 6) is -0.590. The monoisotopic (exact) mass is 435 g/mol. The Kier molecular flexibility index (Phi) is 6.85. The molecule has 0 radical (unpaired) electrons. The summed E-state index contributed by atoms with van der Waals surface area (Å²) in [5, 5.41) is 25.3. The number of fused-ring (bicyclic) bond motifs is 1. The average Bonchev–Trinajstić information content (AvgIpc) is 3.07. The van der Waals surface area contributed by atoms with Crippen LogP contribution in [0.3, 0.4) is 0 Å². The van der Waals surface area contributed by atoms with Crippen molar-refractivity contribution in [2.75, 3.05) is 6.54 Å². The van der Waals surface area contributed by atoms with Gasteiger partial charge in [-0.2, -0.15) is 23.9 Å². The molecule has 152 valence electrons. The van der Waals surface area contributed by atoms with Crippen LogP contribution in [0.5, 0.6) is 0 Å². The number of nitrogens with one attached hydrogen (secondary N) is 1. The zero-order valence-electron chi connectivity index (χ0n) is 15.6. The van der Waals surface area contributed by atoms with E-state index < -0.39 is 17.7 Å². The fourth-order valence-electron chi connectivity index (χ4n) is 2.52. The summed E-state index contributed by atoms with van der Waals surface area (Å²) >= 11 is 6.23. The summed E-state index contributed by atoms with van der Waals surface area (Å²) < 4.78 is 15.4. The molecule has 2 N–H and O–H groups in total. The van der Waals surface area contributed by atoms with Crippen molar-refractivity contribution in [3.8, 4) is 17.5 Å². The molecule has 0 saturated heterocycles. The molecule has 3 heterocycles. The molecular formula is C19H19ClFN5O2S. The molecule has 1 atom stereocenters. The lowest BCUT2D eigenvalue weighted by Crippen LogP contribution is -2.42. The van der Waals surface area contributed by atoms with E-state index in [0.29, 0.717) is 17.0 Å². The largest absolute Gasteiger partial charge is 0.387 e. The SMILES string of the molecule is CC(C)(O)C(F)CNC(=O)c1cnc(-c2ccc3cc(C#N)cnn23)cc1Cl.S. The maximum Gasteiger partial charge on any atom is 0.254 e. The summed E-state index contributed by atoms with van der Waals surface area (Å²) in [6.07, 6.45) is 1.11. The Morgan fingerprint density at radius 1 is 1.41 bits per heavy atom. The van der Waals surface area contributed by atoms with Crippen LogP contribution in [0.4, 0.5) is 4.39 Å². The summed E-state index contributed by atoms with van der Waals surface area (Å²) in [7, 11) is 0. The number of rotatable bonds is 5. The molecule has 0 aromatic carbocycles. The van der Waals surface area contributed by atoms with E-state index in [4.69, 9.17) is 16.9 Å². The van der Waals surface area contributed by atoms with Gasteiger partial charge in [-0.15, -0.1) is 0 Å². The molecule has 10 heteroatoms. The fraction of sp³-hybridized carbons (Fsp3) is 0.263. The van der Waals surface area contributed by atoms with Gasteiger partial charge < -0.3 is 10.4 Å². The van der Waals surface area contributed by atoms with E-state index in [-0.39, 0.29) is 30.6 Å². The number of hydrogen-bond donors (Lipinski definition) is 2. The Balaban J connectivity index is 0.00000300. The number of carbonyl (C=O) groups excluding carboxylic acids is 1. The van der Waals surface area contributed by atoms with Gasteiger partial charge in [0.15, 0.2) is 0 Å². The van der Waals surface area contributed by atoms with Crippen molar-refractivity contribution in [1.29, 1.82) is 5.26 Å². The second-order valence-electron chi connectivity index (χ2n) is 6.79. The average molecular weight is 436 g/mol. The van der Waals surface area contributed by atoms with Gasteiger partial charge in [-0.1, -0.05) is 11.6 Å². The van der Waals surface area contributed by atoms with Crippen molar-refractivity contribution >= 4 is 36.5 Å². The molecule has 1 unspecified atom stereocenters. The van der Waals surface area contributed by atoms with Gasteiger partial charge in [-0.3, -0.25) is 9.78 Å². The highest BCUT2D eigenvalue weighted by Gasteiger charge is 2.27. The first-order valence-electron chi connectivity index (χ1n) is 8.39. The molecular weight excluding hydrogens is 417 g/mol. The molecule has 3 aromatic rings. The zero-order valence-corrected chi connectivity index (χ0v) is 17.4. The van der Waals surface area contributed by atoms with Gasteiger partial charge in [-0.25, -0.2) is 8.91 Å². The van der Waals surface area contributed by atoms with E-state index in [1.807, 2.05) is 6.07 Å². The molecule has 0 bridgehead atoms. The molecule has 0 aliphatic heterocycles. The smallest absolute Gasteiger partial charge is 0.254 e. The normalized spacial score (nSPS) is 12.1. The summed E-state index contributed by atoms with van der Waals surface area (Å²) in [6, 6.07) is 8.80. The van der Waals surface area contributed by atoms with E-state index >= 15 is 0 Å². The highest BCUT2D eigenvalue weighted by molar-refractivity contribution is 7.59. The number of hydrogen-bond acceptors (Lipinski definition) is 5. The van der Waals surface area contributed by atoms with Gasteiger partial charge in [0.1, 0.15) is 12.2 Å². The molecule has 7 nitrogen and oxygen atoms in total. The number of aromatic nitrogens is 3. The Bertz CT molecular complexity index is 1090. The number of pyridine rings is 1. The molecule has 3 rings (SSSR count). The molecule has 0 aliphatic rings. The lowest BCUT2D eigenvalue weighted by molar-refractivity contribution is -0.00178. The quantitative estimate of drug-likeness (QED) is 0.641. The standard InChI is InChI=1S/C19H17ClFN5O2.H2S/c1-19(2,28)17(21)10-24-18(27)13-9-23-15(6-14(13)20)16-4-3-12-5-11(7-22)8-25-26(12)16;/h3-6,8-9,17,28H,10H2,1-2H3,(H,24,27);1H2. The van der Waals surface area contributed by atoms with Gasteiger partial charge in [-0.05, 0) is 38.1 Å². The maximum absolute atomic E-state index is 13.8. The number of amides is 1. The maximum atomic E-state index is 13.8. The molecule has 0 aliphatic carbocycles. The molecule has 1 amide bonds. The second kappa shape index (κ2) is 8.78. The Morgan fingerprint density at radius 2 is 2.14 bits per heavy atom. The minimum atomic E-state index is -1.63. The first-order chi connectivity index (χ1) is 13.2. The lowest BCUT2D eigenvalue weighted by atomic mass is 10.0. The van der Waals surface area contributed by atoms with Crippen molar-refractivity contribution in [3.05, 3.63) is 52.8 Å². The lowest BCUT2D eigenvalue weighted by Gasteiger charge is -2.22. The van der Waals surface area contributed by atoms with Crippen molar-refractivity contribution in [1.82, 2.24) is 19.9 Å². The van der Waals surface area contributed by atoms with Crippen LogP contribution in [-0.4, -0.2) is 43.9 Å². The van der Waals surface area contributed by atoms with Crippen LogP contribution in [-0.2, 0) is 0 Å². The van der Waals surface area contributed by atoms with E-state index in [1.54, 1.807) is 22.7 Å². The minimum absolute atomic E-state index is 0. The van der Waals surface area contributed by atoms with Crippen molar-refractivity contribution in [2.24, 2.45) is 0 Å². The summed E-state index contributed by atoms with van der Waals surface area (Å²) in [5.41, 5.74) is 0.807. The predicted molar refractivity (Wildman–Crippen MR) is 112 cm³/mol. The summed E-state index contributed by atoms with van der Waals surface area (Å²) in [4.78, 5) is 16.5. The van der Waals surface area contributed by atoms with Gasteiger partial charge in [0.2, 0.25) is 0 Å². The van der Waals surface area contributed by atoms with Gasteiger partial charge in [0.25, 0.3) is 5.91 Å². The molecule has 0 saturated carbocycles. The Hall–Kier alpha value is -2.67. The second-order valence-corrected chi connectivity index (χ2v) is 7.20. The van der Waals surface area contributed by atoms with E-state index in [1.165, 1.54) is 32.3 Å². The summed E-state index contributed by atoms with van der Waals surface area (Å²) in [6.45, 7) is 2.29. The molecule has 0 fully saturated rings. The third-order valence-electron chi connectivity index (χ3n) is 4.20. The molecule has 3 aromatic heterocycles. The van der Waals surface area contributed by atoms with E-state index in [9.17, 15) is 14.3 Å². The van der Waals surface area contributed by atoms with Crippen LogP contribution in [0.1, 0.15) is 29.8 Å². The highest BCUT2D eigenvalue weighted by Crippen LogP contribution is 2.25. The van der Waals surface area contributed by atoms with Crippen LogP contribution in [0, 0.1) is 11.3 Å². The number of alkyl halides is 1. The zero-order chi connectivity index (χ0) is 20.5. The number of nitrogens with zero attached hydrogens (tertiary/aromatic N) is 4. The van der Waals surface area contributed by atoms with Gasteiger partial charge in [0, 0.05) is 6.20 Å².